The Morgan fingerprint density at radius 2 is 2.05 bits per heavy atom. The fraction of sp³-hybridized carbons (Fsp3) is 0.214. The Morgan fingerprint density at radius 1 is 1.32 bits per heavy atom. The second-order valence-corrected chi connectivity index (χ2v) is 5.17. The van der Waals surface area contributed by atoms with Crippen LogP contribution in [-0.2, 0) is 7.05 Å². The van der Waals surface area contributed by atoms with E-state index in [1.54, 1.807) is 31.3 Å². The largest absolute Gasteiger partial charge is 0.494 e. The third-order valence-electron chi connectivity index (χ3n) is 2.79. The molecule has 1 aromatic carbocycles. The van der Waals surface area contributed by atoms with Crippen LogP contribution < -0.4 is 10.3 Å². The van der Waals surface area contributed by atoms with Crippen molar-refractivity contribution in [3.63, 3.8) is 0 Å². The Bertz CT molecular complexity index is 667. The van der Waals surface area contributed by atoms with Crippen LogP contribution in [0.3, 0.4) is 0 Å². The summed E-state index contributed by atoms with van der Waals surface area (Å²) in [7, 11) is 1.63. The van der Waals surface area contributed by atoms with Gasteiger partial charge in [0.05, 0.1) is 15.9 Å². The smallest absolute Gasteiger partial charge is 0.264 e. The van der Waals surface area contributed by atoms with Crippen LogP contribution in [0.1, 0.15) is 6.92 Å². The van der Waals surface area contributed by atoms with Crippen LogP contribution in [0.5, 0.6) is 5.75 Å². The summed E-state index contributed by atoms with van der Waals surface area (Å²) in [6.45, 7) is 2.33. The maximum Gasteiger partial charge on any atom is 0.264 e. The number of benzene rings is 1. The standard InChI is InChI=1S/C14H13FINO2/c1-3-19-9-4-5-10(11(15)8-9)13-7-6-12(16)14(18)17(13)2/h4-8H,3H2,1-2H3. The van der Waals surface area contributed by atoms with Crippen molar-refractivity contribution in [2.24, 2.45) is 7.05 Å². The molecule has 2 rings (SSSR count). The Kier molecular flexibility index (Phi) is 4.24. The Morgan fingerprint density at radius 3 is 2.68 bits per heavy atom. The monoisotopic (exact) mass is 373 g/mol. The second kappa shape index (κ2) is 5.73. The molecule has 100 valence electrons. The summed E-state index contributed by atoms with van der Waals surface area (Å²) in [5.74, 6) is 0.0846. The number of pyridine rings is 1. The van der Waals surface area contributed by atoms with Gasteiger partial charge in [-0.3, -0.25) is 4.79 Å². The van der Waals surface area contributed by atoms with Crippen LogP contribution in [-0.4, -0.2) is 11.2 Å². The zero-order chi connectivity index (χ0) is 14.0. The van der Waals surface area contributed by atoms with Gasteiger partial charge < -0.3 is 9.30 Å². The van der Waals surface area contributed by atoms with Gasteiger partial charge in [-0.25, -0.2) is 4.39 Å². The lowest BCUT2D eigenvalue weighted by Crippen LogP contribution is -2.20. The fourth-order valence-corrected chi connectivity index (χ4v) is 2.38. The van der Waals surface area contributed by atoms with Gasteiger partial charge in [0.1, 0.15) is 11.6 Å². The Labute approximate surface area is 124 Å². The van der Waals surface area contributed by atoms with Gasteiger partial charge in [-0.2, -0.15) is 0 Å². The summed E-state index contributed by atoms with van der Waals surface area (Å²) >= 11 is 1.96. The molecule has 0 fully saturated rings. The van der Waals surface area contributed by atoms with E-state index in [4.69, 9.17) is 4.74 Å². The molecular weight excluding hydrogens is 360 g/mol. The maximum absolute atomic E-state index is 14.1. The average Bonchev–Trinajstić information content (AvgIpc) is 2.38. The van der Waals surface area contributed by atoms with Gasteiger partial charge in [0.25, 0.3) is 5.56 Å². The highest BCUT2D eigenvalue weighted by atomic mass is 127. The van der Waals surface area contributed by atoms with E-state index >= 15 is 0 Å². The molecule has 0 saturated heterocycles. The predicted octanol–water partition coefficient (Wildman–Crippen LogP) is 3.19. The van der Waals surface area contributed by atoms with E-state index in [0.717, 1.165) is 0 Å². The first-order chi connectivity index (χ1) is 9.04. The van der Waals surface area contributed by atoms with Crippen LogP contribution in [0.15, 0.2) is 35.1 Å². The number of halogens is 2. The van der Waals surface area contributed by atoms with Gasteiger partial charge >= 0.3 is 0 Å². The molecule has 0 N–H and O–H groups in total. The molecule has 19 heavy (non-hydrogen) atoms. The van der Waals surface area contributed by atoms with Gasteiger partial charge in [0.2, 0.25) is 0 Å². The van der Waals surface area contributed by atoms with Crippen LogP contribution in [0, 0.1) is 9.39 Å². The van der Waals surface area contributed by atoms with E-state index in [-0.39, 0.29) is 5.56 Å². The molecule has 0 atom stereocenters. The Hall–Kier alpha value is -1.37. The van der Waals surface area contributed by atoms with E-state index in [0.29, 0.717) is 27.2 Å². The number of ether oxygens (including phenoxy) is 1. The molecule has 1 aromatic heterocycles. The average molecular weight is 373 g/mol. The van der Waals surface area contributed by atoms with Gasteiger partial charge in [-0.15, -0.1) is 0 Å². The van der Waals surface area contributed by atoms with Crippen LogP contribution in [0.25, 0.3) is 11.3 Å². The molecule has 0 aliphatic heterocycles. The SMILES string of the molecule is CCOc1ccc(-c2ccc(I)c(=O)n2C)c(F)c1. The molecule has 1 heterocycles. The third-order valence-corrected chi connectivity index (χ3v) is 3.61. The highest BCUT2D eigenvalue weighted by molar-refractivity contribution is 14.1. The topological polar surface area (TPSA) is 31.2 Å². The lowest BCUT2D eigenvalue weighted by Gasteiger charge is -2.11. The summed E-state index contributed by atoms with van der Waals surface area (Å²) in [6.07, 6.45) is 0. The molecule has 0 spiro atoms. The molecular formula is C14H13FINO2. The van der Waals surface area contributed by atoms with E-state index in [1.807, 2.05) is 29.5 Å². The highest BCUT2D eigenvalue weighted by Gasteiger charge is 2.11. The molecule has 0 unspecified atom stereocenters. The lowest BCUT2D eigenvalue weighted by molar-refractivity contribution is 0.338. The third kappa shape index (κ3) is 2.80. The molecule has 0 aliphatic rings. The van der Waals surface area contributed by atoms with Crippen LogP contribution >= 0.6 is 22.6 Å². The molecule has 0 bridgehead atoms. The van der Waals surface area contributed by atoms with Crippen molar-refractivity contribution in [3.8, 4) is 17.0 Å². The fourth-order valence-electron chi connectivity index (χ4n) is 1.84. The van der Waals surface area contributed by atoms with Gasteiger partial charge in [-0.1, -0.05) is 0 Å². The van der Waals surface area contributed by atoms with Gasteiger partial charge in [-0.05, 0) is 53.8 Å². The van der Waals surface area contributed by atoms with Crippen molar-refractivity contribution in [2.45, 2.75) is 6.92 Å². The van der Waals surface area contributed by atoms with Crippen molar-refractivity contribution in [2.75, 3.05) is 6.61 Å². The molecule has 2 aromatic rings. The minimum atomic E-state index is -0.401. The van der Waals surface area contributed by atoms with Gasteiger partial charge in [0.15, 0.2) is 0 Å². The van der Waals surface area contributed by atoms with Crippen LogP contribution in [0.2, 0.25) is 0 Å². The predicted molar refractivity (Wildman–Crippen MR) is 81.0 cm³/mol. The summed E-state index contributed by atoms with van der Waals surface area (Å²) in [6, 6.07) is 8.09. The van der Waals surface area contributed by atoms with Gasteiger partial charge in [0, 0.05) is 18.7 Å². The minimum Gasteiger partial charge on any atom is -0.494 e. The van der Waals surface area contributed by atoms with E-state index in [2.05, 4.69) is 0 Å². The molecule has 5 heteroatoms. The highest BCUT2D eigenvalue weighted by Crippen LogP contribution is 2.25. The Balaban J connectivity index is 2.54. The molecule has 3 nitrogen and oxygen atoms in total. The summed E-state index contributed by atoms with van der Waals surface area (Å²) in [5, 5.41) is 0. The van der Waals surface area contributed by atoms with Crippen molar-refractivity contribution >= 4 is 22.6 Å². The zero-order valence-corrected chi connectivity index (χ0v) is 12.8. The molecule has 0 amide bonds. The summed E-state index contributed by atoms with van der Waals surface area (Å²) < 4.78 is 21.4. The van der Waals surface area contributed by atoms with Crippen LogP contribution in [0.4, 0.5) is 4.39 Å². The number of aromatic nitrogens is 1. The maximum atomic E-state index is 14.1. The number of hydrogen-bond acceptors (Lipinski definition) is 2. The lowest BCUT2D eigenvalue weighted by atomic mass is 10.1. The van der Waals surface area contributed by atoms with E-state index in [1.165, 1.54) is 10.6 Å². The number of hydrogen-bond donors (Lipinski definition) is 0. The van der Waals surface area contributed by atoms with E-state index in [9.17, 15) is 9.18 Å². The van der Waals surface area contributed by atoms with Crippen molar-refractivity contribution in [1.82, 2.24) is 4.57 Å². The quantitative estimate of drug-likeness (QED) is 0.774. The first-order valence-electron chi connectivity index (χ1n) is 5.83. The molecule has 0 saturated carbocycles. The summed E-state index contributed by atoms with van der Waals surface area (Å²) in [4.78, 5) is 11.9. The van der Waals surface area contributed by atoms with E-state index < -0.39 is 5.82 Å². The van der Waals surface area contributed by atoms with Crippen molar-refractivity contribution in [3.05, 3.63) is 50.1 Å². The normalized spacial score (nSPS) is 10.5. The minimum absolute atomic E-state index is 0.133. The number of rotatable bonds is 3. The first-order valence-corrected chi connectivity index (χ1v) is 6.90. The van der Waals surface area contributed by atoms with Crippen molar-refractivity contribution in [1.29, 1.82) is 0 Å². The second-order valence-electron chi connectivity index (χ2n) is 4.01. The first kappa shape index (κ1) is 14.0. The van der Waals surface area contributed by atoms with Crippen molar-refractivity contribution < 1.29 is 9.13 Å². The number of nitrogens with zero attached hydrogens (tertiary/aromatic N) is 1. The molecule has 0 aliphatic carbocycles. The zero-order valence-electron chi connectivity index (χ0n) is 10.6. The summed E-state index contributed by atoms with van der Waals surface area (Å²) in [5.41, 5.74) is 0.803. The molecule has 0 radical (unpaired) electrons.